The van der Waals surface area contributed by atoms with Crippen molar-refractivity contribution in [1.82, 2.24) is 5.32 Å². The van der Waals surface area contributed by atoms with Crippen molar-refractivity contribution in [2.45, 2.75) is 19.5 Å². The van der Waals surface area contributed by atoms with Gasteiger partial charge in [-0.3, -0.25) is 0 Å². The Labute approximate surface area is 115 Å². The summed E-state index contributed by atoms with van der Waals surface area (Å²) in [7, 11) is 0. The molecule has 0 bridgehead atoms. The van der Waals surface area contributed by atoms with Crippen LogP contribution in [0.1, 0.15) is 30.0 Å². The Hall–Kier alpha value is -1.57. The Morgan fingerprint density at radius 3 is 2.61 bits per heavy atom. The Kier molecular flexibility index (Phi) is 4.19. The normalized spacial score (nSPS) is 12.1. The van der Waals surface area contributed by atoms with Crippen LogP contribution in [0.15, 0.2) is 45.3 Å². The number of hydrogen-bond donors (Lipinski definition) is 1. The maximum atomic E-state index is 8.66. The molecule has 0 amide bonds. The van der Waals surface area contributed by atoms with Gasteiger partial charge in [0.1, 0.15) is 11.8 Å². The quantitative estimate of drug-likeness (QED) is 0.935. The minimum atomic E-state index is 0.230. The van der Waals surface area contributed by atoms with Gasteiger partial charge in [0.05, 0.1) is 6.54 Å². The summed E-state index contributed by atoms with van der Waals surface area (Å²) in [6.45, 7) is 2.70. The van der Waals surface area contributed by atoms with Crippen LogP contribution in [0.5, 0.6) is 0 Å². The van der Waals surface area contributed by atoms with Gasteiger partial charge >= 0.3 is 0 Å². The summed E-state index contributed by atoms with van der Waals surface area (Å²) < 4.78 is 6.38. The number of rotatable bonds is 4. The number of benzene rings is 1. The van der Waals surface area contributed by atoms with Crippen LogP contribution in [0, 0.1) is 11.3 Å². The van der Waals surface area contributed by atoms with E-state index in [0.717, 1.165) is 10.2 Å². The number of nitriles is 1. The molecule has 0 saturated carbocycles. The molecule has 1 atom stereocenters. The van der Waals surface area contributed by atoms with Crippen LogP contribution in [-0.4, -0.2) is 0 Å². The van der Waals surface area contributed by atoms with Crippen LogP contribution < -0.4 is 5.32 Å². The van der Waals surface area contributed by atoms with Crippen LogP contribution in [0.25, 0.3) is 0 Å². The number of hydrogen-bond acceptors (Lipinski definition) is 3. The molecule has 0 fully saturated rings. The standard InChI is InChI=1S/C14H13BrN2O/c1-10(11-2-4-12(15)5-3-11)17-9-14-7-6-13(8-16)18-14/h2-7,10,17H,9H2,1H3/t10-/m1/s1. The summed E-state index contributed by atoms with van der Waals surface area (Å²) in [5.41, 5.74) is 1.21. The lowest BCUT2D eigenvalue weighted by Crippen LogP contribution is -2.17. The SMILES string of the molecule is C[C@@H](NCc1ccc(C#N)o1)c1ccc(Br)cc1. The maximum absolute atomic E-state index is 8.66. The molecular formula is C14H13BrN2O. The van der Waals surface area contributed by atoms with E-state index in [4.69, 9.17) is 9.68 Å². The molecule has 4 heteroatoms. The summed E-state index contributed by atoms with van der Waals surface area (Å²) >= 11 is 3.41. The predicted octanol–water partition coefficient (Wildman–Crippen LogP) is 3.76. The van der Waals surface area contributed by atoms with Gasteiger partial charge in [0.15, 0.2) is 0 Å². The molecule has 1 aromatic heterocycles. The van der Waals surface area contributed by atoms with Gasteiger partial charge in [-0.2, -0.15) is 5.26 Å². The largest absolute Gasteiger partial charge is 0.449 e. The second kappa shape index (κ2) is 5.85. The molecule has 2 rings (SSSR count). The van der Waals surface area contributed by atoms with Gasteiger partial charge in [-0.25, -0.2) is 0 Å². The lowest BCUT2D eigenvalue weighted by Gasteiger charge is -2.13. The van der Waals surface area contributed by atoms with E-state index in [1.807, 2.05) is 24.3 Å². The molecule has 18 heavy (non-hydrogen) atoms. The highest BCUT2D eigenvalue weighted by Gasteiger charge is 2.06. The minimum absolute atomic E-state index is 0.230. The second-order valence-corrected chi connectivity index (χ2v) is 4.95. The third-order valence-corrected chi connectivity index (χ3v) is 3.25. The Morgan fingerprint density at radius 2 is 2.00 bits per heavy atom. The fourth-order valence-corrected chi connectivity index (χ4v) is 1.92. The molecule has 0 radical (unpaired) electrons. The highest BCUT2D eigenvalue weighted by atomic mass is 79.9. The van der Waals surface area contributed by atoms with Gasteiger partial charge in [-0.05, 0) is 36.8 Å². The minimum Gasteiger partial charge on any atom is -0.449 e. The summed E-state index contributed by atoms with van der Waals surface area (Å²) in [6.07, 6.45) is 0. The van der Waals surface area contributed by atoms with E-state index in [9.17, 15) is 0 Å². The molecule has 0 aliphatic carbocycles. The molecule has 1 N–H and O–H groups in total. The first-order valence-electron chi connectivity index (χ1n) is 5.66. The van der Waals surface area contributed by atoms with Gasteiger partial charge in [0, 0.05) is 10.5 Å². The average molecular weight is 305 g/mol. The molecule has 0 aliphatic rings. The molecule has 0 spiro atoms. The molecule has 1 heterocycles. The molecule has 0 saturated heterocycles. The zero-order valence-corrected chi connectivity index (χ0v) is 11.6. The number of furan rings is 1. The van der Waals surface area contributed by atoms with E-state index in [-0.39, 0.29) is 6.04 Å². The monoisotopic (exact) mass is 304 g/mol. The van der Waals surface area contributed by atoms with Crippen molar-refractivity contribution in [1.29, 1.82) is 5.26 Å². The van der Waals surface area contributed by atoms with E-state index in [1.54, 1.807) is 6.07 Å². The molecule has 1 aromatic carbocycles. The summed E-state index contributed by atoms with van der Waals surface area (Å²) in [6, 6.07) is 13.9. The molecule has 0 unspecified atom stereocenters. The van der Waals surface area contributed by atoms with Crippen LogP contribution in [0.3, 0.4) is 0 Å². The van der Waals surface area contributed by atoms with Crippen LogP contribution in [-0.2, 0) is 6.54 Å². The summed E-state index contributed by atoms with van der Waals surface area (Å²) in [4.78, 5) is 0. The van der Waals surface area contributed by atoms with Crippen molar-refractivity contribution in [2.24, 2.45) is 0 Å². The zero-order chi connectivity index (χ0) is 13.0. The zero-order valence-electron chi connectivity index (χ0n) is 9.98. The first-order chi connectivity index (χ1) is 8.69. The van der Waals surface area contributed by atoms with Crippen molar-refractivity contribution in [3.05, 3.63) is 58.0 Å². The molecular weight excluding hydrogens is 292 g/mol. The fourth-order valence-electron chi connectivity index (χ4n) is 1.66. The van der Waals surface area contributed by atoms with Gasteiger partial charge in [-0.1, -0.05) is 28.1 Å². The van der Waals surface area contributed by atoms with Gasteiger partial charge in [0.2, 0.25) is 5.76 Å². The van der Waals surface area contributed by atoms with E-state index in [2.05, 4.69) is 40.3 Å². The highest BCUT2D eigenvalue weighted by molar-refractivity contribution is 9.10. The smallest absolute Gasteiger partial charge is 0.203 e. The third kappa shape index (κ3) is 3.22. The molecule has 92 valence electrons. The molecule has 0 aliphatic heterocycles. The Bertz CT molecular complexity index is 554. The Morgan fingerprint density at radius 1 is 1.28 bits per heavy atom. The summed E-state index contributed by atoms with van der Waals surface area (Å²) in [5.74, 6) is 1.12. The predicted molar refractivity (Wildman–Crippen MR) is 72.8 cm³/mol. The topological polar surface area (TPSA) is 49.0 Å². The summed E-state index contributed by atoms with van der Waals surface area (Å²) in [5, 5.41) is 12.0. The fraction of sp³-hybridized carbons (Fsp3) is 0.214. The molecule has 3 nitrogen and oxygen atoms in total. The first-order valence-corrected chi connectivity index (χ1v) is 6.46. The van der Waals surface area contributed by atoms with E-state index in [0.29, 0.717) is 12.3 Å². The third-order valence-electron chi connectivity index (χ3n) is 2.72. The van der Waals surface area contributed by atoms with Crippen LogP contribution >= 0.6 is 15.9 Å². The van der Waals surface area contributed by atoms with Crippen molar-refractivity contribution in [2.75, 3.05) is 0 Å². The lowest BCUT2D eigenvalue weighted by atomic mass is 10.1. The van der Waals surface area contributed by atoms with Crippen LogP contribution in [0.4, 0.5) is 0 Å². The van der Waals surface area contributed by atoms with Crippen LogP contribution in [0.2, 0.25) is 0 Å². The van der Waals surface area contributed by atoms with Crippen molar-refractivity contribution in [3.8, 4) is 6.07 Å². The van der Waals surface area contributed by atoms with Crippen molar-refractivity contribution >= 4 is 15.9 Å². The second-order valence-electron chi connectivity index (χ2n) is 4.03. The van der Waals surface area contributed by atoms with Crippen molar-refractivity contribution < 1.29 is 4.42 Å². The van der Waals surface area contributed by atoms with Gasteiger partial charge < -0.3 is 9.73 Å². The van der Waals surface area contributed by atoms with E-state index >= 15 is 0 Å². The van der Waals surface area contributed by atoms with Gasteiger partial charge in [-0.15, -0.1) is 0 Å². The highest BCUT2D eigenvalue weighted by Crippen LogP contribution is 2.17. The number of nitrogens with one attached hydrogen (secondary N) is 1. The lowest BCUT2D eigenvalue weighted by molar-refractivity contribution is 0.453. The Balaban J connectivity index is 1.94. The number of nitrogens with zero attached hydrogens (tertiary/aromatic N) is 1. The average Bonchev–Trinajstić information content (AvgIpc) is 2.85. The first kappa shape index (κ1) is 12.9. The van der Waals surface area contributed by atoms with Crippen molar-refractivity contribution in [3.63, 3.8) is 0 Å². The van der Waals surface area contributed by atoms with E-state index < -0.39 is 0 Å². The van der Waals surface area contributed by atoms with E-state index in [1.165, 1.54) is 5.56 Å². The number of halogens is 1. The molecule has 2 aromatic rings. The maximum Gasteiger partial charge on any atom is 0.203 e. The van der Waals surface area contributed by atoms with Gasteiger partial charge in [0.25, 0.3) is 0 Å².